The molecule has 21 heavy (non-hydrogen) atoms. The van der Waals surface area contributed by atoms with Crippen molar-refractivity contribution in [2.24, 2.45) is 0 Å². The molecule has 1 fully saturated rings. The lowest BCUT2D eigenvalue weighted by molar-refractivity contribution is -0.130. The van der Waals surface area contributed by atoms with E-state index in [1.807, 2.05) is 24.3 Å². The van der Waals surface area contributed by atoms with Crippen LogP contribution in [0.15, 0.2) is 30.3 Å². The maximum atomic E-state index is 12.1. The molecule has 3 N–H and O–H groups in total. The molecule has 2 amide bonds. The minimum atomic E-state index is -0.255. The number of aromatic nitrogens is 1. The van der Waals surface area contributed by atoms with Crippen LogP contribution in [-0.4, -0.2) is 54.4 Å². The predicted molar refractivity (Wildman–Crippen MR) is 80.1 cm³/mol. The quantitative estimate of drug-likeness (QED) is 0.761. The van der Waals surface area contributed by atoms with Gasteiger partial charge < -0.3 is 20.5 Å². The molecule has 6 heteroatoms. The van der Waals surface area contributed by atoms with E-state index < -0.39 is 0 Å². The summed E-state index contributed by atoms with van der Waals surface area (Å²) in [6, 6.07) is 9.48. The van der Waals surface area contributed by atoms with Gasteiger partial charge in [-0.05, 0) is 12.1 Å². The first kappa shape index (κ1) is 13.6. The van der Waals surface area contributed by atoms with Crippen LogP contribution in [0.3, 0.4) is 0 Å². The van der Waals surface area contributed by atoms with Crippen LogP contribution in [0.25, 0.3) is 10.9 Å². The largest absolute Gasteiger partial charge is 0.351 e. The fraction of sp³-hybridized carbons (Fsp3) is 0.333. The SMILES string of the molecule is O=C(NCC(=O)N1CCNCC1)c1cc2ccccc2[nH]1. The summed E-state index contributed by atoms with van der Waals surface area (Å²) in [6.07, 6.45) is 0. The number of nitrogens with one attached hydrogen (secondary N) is 3. The molecule has 1 aliphatic rings. The maximum Gasteiger partial charge on any atom is 0.268 e. The van der Waals surface area contributed by atoms with Gasteiger partial charge in [0.05, 0.1) is 6.54 Å². The number of para-hydroxylation sites is 1. The number of carbonyl (C=O) groups is 2. The van der Waals surface area contributed by atoms with E-state index >= 15 is 0 Å². The lowest BCUT2D eigenvalue weighted by Gasteiger charge is -2.27. The van der Waals surface area contributed by atoms with E-state index in [1.165, 1.54) is 0 Å². The van der Waals surface area contributed by atoms with Gasteiger partial charge in [-0.25, -0.2) is 0 Å². The van der Waals surface area contributed by atoms with Crippen LogP contribution in [0.5, 0.6) is 0 Å². The third-order valence-electron chi connectivity index (χ3n) is 3.64. The number of benzene rings is 1. The zero-order chi connectivity index (χ0) is 14.7. The van der Waals surface area contributed by atoms with Crippen molar-refractivity contribution in [3.05, 3.63) is 36.0 Å². The third-order valence-corrected chi connectivity index (χ3v) is 3.64. The second-order valence-corrected chi connectivity index (χ2v) is 5.08. The maximum absolute atomic E-state index is 12.1. The van der Waals surface area contributed by atoms with E-state index in [1.54, 1.807) is 11.0 Å². The van der Waals surface area contributed by atoms with Crippen molar-refractivity contribution in [1.82, 2.24) is 20.5 Å². The number of rotatable bonds is 3. The van der Waals surface area contributed by atoms with Crippen LogP contribution in [0, 0.1) is 0 Å². The van der Waals surface area contributed by atoms with E-state index in [9.17, 15) is 9.59 Å². The molecular weight excluding hydrogens is 268 g/mol. The van der Waals surface area contributed by atoms with E-state index in [0.29, 0.717) is 18.8 Å². The zero-order valence-corrected chi connectivity index (χ0v) is 11.7. The molecule has 0 bridgehead atoms. The molecule has 6 nitrogen and oxygen atoms in total. The Labute approximate surface area is 122 Å². The zero-order valence-electron chi connectivity index (χ0n) is 11.7. The molecular formula is C15H18N4O2. The Morgan fingerprint density at radius 2 is 1.95 bits per heavy atom. The fourth-order valence-corrected chi connectivity index (χ4v) is 2.47. The fourth-order valence-electron chi connectivity index (χ4n) is 2.47. The van der Waals surface area contributed by atoms with Crippen molar-refractivity contribution in [2.75, 3.05) is 32.7 Å². The Hall–Kier alpha value is -2.34. The van der Waals surface area contributed by atoms with Gasteiger partial charge in [0.25, 0.3) is 5.91 Å². The smallest absolute Gasteiger partial charge is 0.268 e. The van der Waals surface area contributed by atoms with E-state index in [4.69, 9.17) is 0 Å². The Morgan fingerprint density at radius 1 is 1.19 bits per heavy atom. The highest BCUT2D eigenvalue weighted by Crippen LogP contribution is 2.14. The van der Waals surface area contributed by atoms with Gasteiger partial charge in [-0.3, -0.25) is 9.59 Å². The lowest BCUT2D eigenvalue weighted by Crippen LogP contribution is -2.49. The monoisotopic (exact) mass is 286 g/mol. The van der Waals surface area contributed by atoms with Crippen LogP contribution < -0.4 is 10.6 Å². The summed E-state index contributed by atoms with van der Waals surface area (Å²) in [5, 5.41) is 6.85. The van der Waals surface area contributed by atoms with Crippen LogP contribution in [0.2, 0.25) is 0 Å². The minimum Gasteiger partial charge on any atom is -0.351 e. The molecule has 2 aromatic rings. The van der Waals surface area contributed by atoms with Gasteiger partial charge in [0.2, 0.25) is 5.91 Å². The first-order chi connectivity index (χ1) is 10.2. The normalized spacial score (nSPS) is 15.1. The average molecular weight is 286 g/mol. The molecule has 110 valence electrons. The Kier molecular flexibility index (Phi) is 3.87. The summed E-state index contributed by atoms with van der Waals surface area (Å²) in [4.78, 5) is 28.9. The summed E-state index contributed by atoms with van der Waals surface area (Å²) >= 11 is 0. The number of H-pyrrole nitrogens is 1. The molecule has 2 heterocycles. The van der Waals surface area contributed by atoms with Gasteiger partial charge in [0.1, 0.15) is 5.69 Å². The molecule has 1 aromatic heterocycles. The number of hydrogen-bond acceptors (Lipinski definition) is 3. The molecule has 0 spiro atoms. The topological polar surface area (TPSA) is 77.2 Å². The number of carbonyl (C=O) groups excluding carboxylic acids is 2. The molecule has 0 atom stereocenters. The Morgan fingerprint density at radius 3 is 2.71 bits per heavy atom. The molecule has 1 aromatic carbocycles. The number of aromatic amines is 1. The van der Waals surface area contributed by atoms with Crippen LogP contribution in [0.4, 0.5) is 0 Å². The van der Waals surface area contributed by atoms with Gasteiger partial charge >= 0.3 is 0 Å². The molecule has 0 aliphatic carbocycles. The Bertz CT molecular complexity index is 625. The number of piperazine rings is 1. The highest BCUT2D eigenvalue weighted by molar-refractivity contribution is 5.99. The second kappa shape index (κ2) is 5.97. The summed E-state index contributed by atoms with van der Waals surface area (Å²) in [6.45, 7) is 3.04. The Balaban J connectivity index is 1.59. The van der Waals surface area contributed by atoms with E-state index in [0.717, 1.165) is 24.0 Å². The van der Waals surface area contributed by atoms with Crippen molar-refractivity contribution >= 4 is 22.7 Å². The van der Waals surface area contributed by atoms with Crippen molar-refractivity contribution in [3.8, 4) is 0 Å². The molecule has 0 unspecified atom stereocenters. The van der Waals surface area contributed by atoms with Crippen molar-refractivity contribution in [1.29, 1.82) is 0 Å². The standard InChI is InChI=1S/C15H18N4O2/c20-14(19-7-5-16-6-8-19)10-17-15(21)13-9-11-3-1-2-4-12(11)18-13/h1-4,9,16,18H,5-8,10H2,(H,17,21). The number of fused-ring (bicyclic) bond motifs is 1. The van der Waals surface area contributed by atoms with Crippen LogP contribution in [0.1, 0.15) is 10.5 Å². The number of hydrogen-bond donors (Lipinski definition) is 3. The second-order valence-electron chi connectivity index (χ2n) is 5.08. The van der Waals surface area contributed by atoms with Gasteiger partial charge in [-0.15, -0.1) is 0 Å². The first-order valence-corrected chi connectivity index (χ1v) is 7.08. The molecule has 1 aliphatic heterocycles. The van der Waals surface area contributed by atoms with E-state index in [2.05, 4.69) is 15.6 Å². The molecule has 3 rings (SSSR count). The van der Waals surface area contributed by atoms with Crippen molar-refractivity contribution in [2.45, 2.75) is 0 Å². The molecule has 0 saturated carbocycles. The molecule has 0 radical (unpaired) electrons. The number of amides is 2. The average Bonchev–Trinajstić information content (AvgIpc) is 2.97. The first-order valence-electron chi connectivity index (χ1n) is 7.08. The third kappa shape index (κ3) is 3.05. The van der Waals surface area contributed by atoms with Gasteiger partial charge in [-0.1, -0.05) is 18.2 Å². The van der Waals surface area contributed by atoms with Crippen LogP contribution in [-0.2, 0) is 4.79 Å². The summed E-state index contributed by atoms with van der Waals surface area (Å²) in [7, 11) is 0. The summed E-state index contributed by atoms with van der Waals surface area (Å²) in [5.74, 6) is -0.296. The predicted octanol–water partition coefficient (Wildman–Crippen LogP) is 0.330. The van der Waals surface area contributed by atoms with Gasteiger partial charge in [-0.2, -0.15) is 0 Å². The summed E-state index contributed by atoms with van der Waals surface area (Å²) < 4.78 is 0. The van der Waals surface area contributed by atoms with E-state index in [-0.39, 0.29) is 18.4 Å². The highest BCUT2D eigenvalue weighted by atomic mass is 16.2. The molecule has 1 saturated heterocycles. The highest BCUT2D eigenvalue weighted by Gasteiger charge is 2.17. The minimum absolute atomic E-state index is 0.0359. The van der Waals surface area contributed by atoms with Gasteiger partial charge in [0, 0.05) is 37.1 Å². The van der Waals surface area contributed by atoms with Crippen molar-refractivity contribution < 1.29 is 9.59 Å². The summed E-state index contributed by atoms with van der Waals surface area (Å²) in [5.41, 5.74) is 1.39. The lowest BCUT2D eigenvalue weighted by atomic mass is 10.2. The number of nitrogens with zero attached hydrogens (tertiary/aromatic N) is 1. The van der Waals surface area contributed by atoms with Gasteiger partial charge in [0.15, 0.2) is 0 Å². The van der Waals surface area contributed by atoms with Crippen molar-refractivity contribution in [3.63, 3.8) is 0 Å². The van der Waals surface area contributed by atoms with Crippen LogP contribution >= 0.6 is 0 Å².